The predicted octanol–water partition coefficient (Wildman–Crippen LogP) is 8.30. The Kier molecular flexibility index (Phi) is 6.05. The summed E-state index contributed by atoms with van der Waals surface area (Å²) in [5, 5.41) is 5.60. The van der Waals surface area contributed by atoms with Gasteiger partial charge in [0.25, 0.3) is 0 Å². The molecular weight excluding hydrogens is 582 g/mol. The van der Waals surface area contributed by atoms with Crippen molar-refractivity contribution in [2.24, 2.45) is 0 Å². The zero-order chi connectivity index (χ0) is 27.0. The number of aryl methyl sites for hydroxylation is 1. The molecule has 1 aliphatic rings. The van der Waals surface area contributed by atoms with Crippen LogP contribution >= 0.6 is 0 Å². The molecule has 0 amide bonds. The van der Waals surface area contributed by atoms with Crippen LogP contribution in [0.15, 0.2) is 72.9 Å². The maximum atomic E-state index is 4.86. The first kappa shape index (κ1) is 25.9. The molecule has 0 aliphatic carbocycles. The van der Waals surface area contributed by atoms with E-state index in [9.17, 15) is 0 Å². The number of rotatable bonds is 2. The fourth-order valence-corrected chi connectivity index (χ4v) is 36.7. The van der Waals surface area contributed by atoms with E-state index < -0.39 is 26.5 Å². The summed E-state index contributed by atoms with van der Waals surface area (Å²) >= 11 is -3.85. The standard InChI is InChI=1S/C34H40Ge2N2/c1-23-9-12-27-28-20-24(25-10-13-29-30(21-25)36(7,8)17-16-35(29,5)6)11-14-31(28)38(32(27)19-23)33-22-26(15-18-37-33)34(2,3)4/h9-15,18-22H,16-17H2,1-8H3. The van der Waals surface area contributed by atoms with Crippen LogP contribution in [0.25, 0.3) is 38.8 Å². The average Bonchev–Trinajstić information content (AvgIpc) is 3.19. The molecule has 6 rings (SSSR count). The molecule has 2 aromatic heterocycles. The number of hydrogen-bond donors (Lipinski definition) is 0. The van der Waals surface area contributed by atoms with Crippen LogP contribution in [-0.4, -0.2) is 36.1 Å². The summed E-state index contributed by atoms with van der Waals surface area (Å²) in [6, 6.07) is 25.9. The van der Waals surface area contributed by atoms with Crippen molar-refractivity contribution in [2.45, 2.75) is 66.6 Å². The molecule has 4 heteroatoms. The van der Waals surface area contributed by atoms with Gasteiger partial charge in [-0.1, -0.05) is 20.8 Å². The van der Waals surface area contributed by atoms with Gasteiger partial charge in [-0.3, -0.25) is 0 Å². The number of fused-ring (bicyclic) bond motifs is 4. The SMILES string of the molecule is Cc1ccc2c3cc(-c4cc[c]5[c](c4)[Ge]([CH3])([CH3])[CH2][CH2][Ge]5([CH3])[CH3])ccc3n(-c3cc(C(C)(C)C)ccn3)c2c1. The van der Waals surface area contributed by atoms with E-state index in [-0.39, 0.29) is 5.41 Å². The quantitative estimate of drug-likeness (QED) is 0.181. The van der Waals surface area contributed by atoms with E-state index >= 15 is 0 Å². The van der Waals surface area contributed by atoms with Gasteiger partial charge in [-0.15, -0.1) is 0 Å². The summed E-state index contributed by atoms with van der Waals surface area (Å²) in [7, 11) is 0. The van der Waals surface area contributed by atoms with Gasteiger partial charge < -0.3 is 0 Å². The van der Waals surface area contributed by atoms with Crippen LogP contribution in [-0.2, 0) is 5.41 Å². The number of hydrogen-bond acceptors (Lipinski definition) is 1. The minimum absolute atomic E-state index is 0.0721. The van der Waals surface area contributed by atoms with Gasteiger partial charge in [-0.25, -0.2) is 0 Å². The number of pyridine rings is 1. The second-order valence-corrected chi connectivity index (χ2v) is 33.9. The second-order valence-electron chi connectivity index (χ2n) is 13.8. The van der Waals surface area contributed by atoms with Crippen molar-refractivity contribution in [3.8, 4) is 16.9 Å². The third-order valence-corrected chi connectivity index (χ3v) is 26.4. The average molecular weight is 622 g/mol. The number of benzene rings is 3. The fourth-order valence-electron chi connectivity index (χ4n) is 6.33. The molecular formula is C34H40Ge2N2. The molecule has 1 aliphatic heterocycles. The first-order valence-electron chi connectivity index (χ1n) is 14.0. The molecule has 194 valence electrons. The molecule has 0 radical (unpaired) electrons. The van der Waals surface area contributed by atoms with Crippen LogP contribution in [0.4, 0.5) is 0 Å². The summed E-state index contributed by atoms with van der Waals surface area (Å²) in [6.07, 6.45) is 1.96. The van der Waals surface area contributed by atoms with Crippen LogP contribution in [0.3, 0.4) is 0 Å². The Morgan fingerprint density at radius 2 is 1.37 bits per heavy atom. The maximum absolute atomic E-state index is 4.86. The van der Waals surface area contributed by atoms with Crippen LogP contribution in [0, 0.1) is 6.92 Å². The molecule has 0 saturated heterocycles. The van der Waals surface area contributed by atoms with Gasteiger partial charge in [-0.2, -0.15) is 0 Å². The summed E-state index contributed by atoms with van der Waals surface area (Å²) in [6.45, 7) is 8.98. The van der Waals surface area contributed by atoms with Gasteiger partial charge in [0.05, 0.1) is 0 Å². The summed E-state index contributed by atoms with van der Waals surface area (Å²) in [5.74, 6) is 11.5. The Hall–Kier alpha value is -2.30. The second kappa shape index (κ2) is 8.86. The Morgan fingerprint density at radius 1 is 0.684 bits per heavy atom. The molecule has 3 aromatic carbocycles. The van der Waals surface area contributed by atoms with Crippen molar-refractivity contribution in [3.05, 3.63) is 84.1 Å². The van der Waals surface area contributed by atoms with E-state index in [0.29, 0.717) is 0 Å². The summed E-state index contributed by atoms with van der Waals surface area (Å²) < 4.78 is 5.92. The fraction of sp³-hybridized carbons (Fsp3) is 0.324. The molecule has 0 saturated carbocycles. The number of nitrogens with zero attached hydrogens (tertiary/aromatic N) is 2. The van der Waals surface area contributed by atoms with Crippen molar-refractivity contribution >= 4 is 57.1 Å². The van der Waals surface area contributed by atoms with E-state index in [2.05, 4.69) is 122 Å². The van der Waals surface area contributed by atoms with Crippen molar-refractivity contribution in [1.29, 1.82) is 0 Å². The van der Waals surface area contributed by atoms with Gasteiger partial charge in [0.1, 0.15) is 0 Å². The molecule has 0 unspecified atom stereocenters. The van der Waals surface area contributed by atoms with Gasteiger partial charge in [0.15, 0.2) is 0 Å². The molecule has 0 atom stereocenters. The first-order valence-corrected chi connectivity index (χ1v) is 27.5. The van der Waals surface area contributed by atoms with Crippen LogP contribution in [0.5, 0.6) is 0 Å². The van der Waals surface area contributed by atoms with Crippen molar-refractivity contribution < 1.29 is 0 Å². The third-order valence-electron chi connectivity index (χ3n) is 8.95. The molecule has 0 bridgehead atoms. The molecule has 0 N–H and O–H groups in total. The zero-order valence-corrected chi connectivity index (χ0v) is 28.4. The van der Waals surface area contributed by atoms with E-state index in [1.807, 2.05) is 6.20 Å². The summed E-state index contributed by atoms with van der Waals surface area (Å²) in [5.41, 5.74) is 7.80. The first-order chi connectivity index (χ1) is 17.8. The number of aromatic nitrogens is 2. The molecule has 38 heavy (non-hydrogen) atoms. The topological polar surface area (TPSA) is 17.8 Å². The Balaban J connectivity index is 1.57. The predicted molar refractivity (Wildman–Crippen MR) is 171 cm³/mol. The van der Waals surface area contributed by atoms with Crippen LogP contribution in [0.2, 0.25) is 33.5 Å². The van der Waals surface area contributed by atoms with Gasteiger partial charge in [0, 0.05) is 0 Å². The van der Waals surface area contributed by atoms with E-state index in [0.717, 1.165) is 5.82 Å². The molecule has 3 heterocycles. The van der Waals surface area contributed by atoms with Crippen molar-refractivity contribution in [3.63, 3.8) is 0 Å². The molecule has 2 nitrogen and oxygen atoms in total. The van der Waals surface area contributed by atoms with E-state index in [1.54, 1.807) is 8.79 Å². The molecule has 0 spiro atoms. The monoisotopic (exact) mass is 624 g/mol. The minimum atomic E-state index is -1.97. The molecule has 5 aromatic rings. The van der Waals surface area contributed by atoms with E-state index in [1.165, 1.54) is 54.6 Å². The summed E-state index contributed by atoms with van der Waals surface area (Å²) in [4.78, 5) is 4.86. The third kappa shape index (κ3) is 4.28. The van der Waals surface area contributed by atoms with Gasteiger partial charge >= 0.3 is 214 Å². The van der Waals surface area contributed by atoms with Gasteiger partial charge in [0.2, 0.25) is 0 Å². The van der Waals surface area contributed by atoms with Crippen LogP contribution in [0.1, 0.15) is 31.9 Å². The Morgan fingerprint density at radius 3 is 2.11 bits per heavy atom. The zero-order valence-electron chi connectivity index (χ0n) is 24.2. The normalized spacial score (nSPS) is 16.6. The van der Waals surface area contributed by atoms with Gasteiger partial charge in [-0.05, 0) is 0 Å². The van der Waals surface area contributed by atoms with E-state index in [4.69, 9.17) is 4.98 Å². The Bertz CT molecular complexity index is 1720. The molecule has 0 fully saturated rings. The van der Waals surface area contributed by atoms with Crippen molar-refractivity contribution in [1.82, 2.24) is 9.55 Å². The van der Waals surface area contributed by atoms with Crippen LogP contribution < -0.4 is 8.79 Å². The Labute approximate surface area is 233 Å². The van der Waals surface area contributed by atoms with Crippen molar-refractivity contribution in [2.75, 3.05) is 0 Å².